The normalized spacial score (nSPS) is 15.1. The maximum absolute atomic E-state index is 2.28. The van der Waals surface area contributed by atoms with Crippen LogP contribution in [-0.2, 0) is 38.5 Å². The summed E-state index contributed by atoms with van der Waals surface area (Å²) in [6, 6.07) is 81.6. The molecule has 0 heterocycles. The van der Waals surface area contributed by atoms with Crippen molar-refractivity contribution in [2.75, 3.05) is 0 Å². The van der Waals surface area contributed by atoms with Crippen molar-refractivity contribution in [2.24, 2.45) is 0 Å². The number of hydrogen-bond donors (Lipinski definition) is 0. The molecule has 1 unspecified atom stereocenters. The largest absolute Gasteiger partial charge is 0.0795 e. The minimum atomic E-state index is 0. The Hall–Kier alpha value is -13.0. The molecule has 0 spiro atoms. The Bertz CT molecular complexity index is 6180. The van der Waals surface area contributed by atoms with E-state index in [-0.39, 0.29) is 29.7 Å². The number of aryl methyl sites for hydroxylation is 6. The Morgan fingerprint density at radius 2 is 0.894 bits per heavy atom. The van der Waals surface area contributed by atoms with Crippen molar-refractivity contribution in [2.45, 2.75) is 157 Å². The van der Waals surface area contributed by atoms with Gasteiger partial charge >= 0.3 is 0 Å². The Balaban J connectivity index is 0.000000152. The van der Waals surface area contributed by atoms with Gasteiger partial charge in [0.2, 0.25) is 0 Å². The molecule has 11 aromatic rings. The minimum absolute atomic E-state index is 0. The van der Waals surface area contributed by atoms with Gasteiger partial charge in [0.05, 0.1) is 0 Å². The standard InChI is InChI=1S/2C11H10.7C10H10.3C9H8.4CH4/c1-9-5-4-7-10-6-2-3-8-11(9)10;1-9-6-7-10-4-2-3-5-11(10)8-9;2*1-8-4-2-5-9-6-3-7-10(8)9;2*1-8-5-6-9-3-2-4-10(9)7-8;1-8-6-9-4-2-3-5-10(9)7-8;2*1-8-6-7-9-4-2-3-5-10(8)9;1-7-5-8-3-2-4-9(8)6-7;2*1-7-5-6-8-3-2-4-9(7)8;;;;/h2*2-8H,1H3;2-5,7H,6H2,1H3;2-6H,7H2,1H3;2,4-7H,3H2,1H3;2-3,5-7H,4H2,1H3;2*2-6H,7H2,1H3;2-8H,1H3;3*2-6H,1H3;4*1H4. The van der Waals surface area contributed by atoms with Gasteiger partial charge in [0, 0.05) is 0 Å². The molecule has 0 saturated carbocycles. The molecule has 0 amide bonds. The quantitative estimate of drug-likeness (QED) is 0.142. The first-order valence-electron chi connectivity index (χ1n) is 42.5. The lowest BCUT2D eigenvalue weighted by Gasteiger charge is -2.01. The molecule has 0 bridgehead atoms. The molecule has 0 aromatic heterocycles. The van der Waals surface area contributed by atoms with E-state index in [4.69, 9.17) is 0 Å². The van der Waals surface area contributed by atoms with Crippen LogP contribution in [0.1, 0.15) is 188 Å². The van der Waals surface area contributed by atoms with Gasteiger partial charge in [0.1, 0.15) is 0 Å². The molecule has 13 aliphatic rings. The molecule has 123 heavy (non-hydrogen) atoms. The third-order valence-corrected chi connectivity index (χ3v) is 23.2. The lowest BCUT2D eigenvalue weighted by atomic mass is 10.0. The van der Waals surface area contributed by atoms with Crippen molar-refractivity contribution in [1.29, 1.82) is 0 Å². The topological polar surface area (TPSA) is 0 Å². The van der Waals surface area contributed by atoms with Gasteiger partial charge in [-0.05, 0) is 292 Å². The summed E-state index contributed by atoms with van der Waals surface area (Å²) in [7, 11) is 0. The van der Waals surface area contributed by atoms with Gasteiger partial charge in [-0.2, -0.15) is 0 Å². The molecule has 0 N–H and O–H groups in total. The summed E-state index contributed by atoms with van der Waals surface area (Å²) in [5.41, 5.74) is 43.7. The van der Waals surface area contributed by atoms with E-state index in [1.165, 1.54) is 194 Å². The van der Waals surface area contributed by atoms with E-state index in [2.05, 4.69) is 478 Å². The molecular weight excluding hydrogens is 1480 g/mol. The Kier molecular flexibility index (Phi) is 35.2. The van der Waals surface area contributed by atoms with Crippen molar-refractivity contribution >= 4 is 63.6 Å². The molecule has 622 valence electrons. The van der Waals surface area contributed by atoms with E-state index in [1.54, 1.807) is 0 Å². The zero-order valence-corrected chi connectivity index (χ0v) is 71.8. The zero-order chi connectivity index (χ0) is 83.0. The van der Waals surface area contributed by atoms with Crippen LogP contribution in [0.2, 0.25) is 0 Å². The number of benzene rings is 11. The van der Waals surface area contributed by atoms with E-state index in [0.29, 0.717) is 5.92 Å². The SMILES string of the molecule is C.C.C.C.CC1=C2C=CC=C2C=C1.CC1=CC2=CC=CC2=C1.CC1=CC=C2C=CC=C12.CC1=CCc2ccccc21.CC1=Cc2ccccc2C1.CC1C=Cc2ccccc21.Cc1ccc2c(c1)C=CC2.Cc1ccc2c(c1)CC=C2.Cc1ccc2ccccc2c1.Cc1cccc2c1C=CC2.Cc1cccc2c1CC=C2.Cc1cccc2ccccc12. The minimum Gasteiger partial charge on any atom is -0.0795 e. The van der Waals surface area contributed by atoms with Gasteiger partial charge in [0.15, 0.2) is 0 Å². The highest BCUT2D eigenvalue weighted by atomic mass is 14.2. The van der Waals surface area contributed by atoms with Crippen LogP contribution < -0.4 is 0 Å². The van der Waals surface area contributed by atoms with Gasteiger partial charge in [0.25, 0.3) is 0 Å². The van der Waals surface area contributed by atoms with Crippen LogP contribution in [0.15, 0.2) is 414 Å². The summed E-state index contributed by atoms with van der Waals surface area (Å²) >= 11 is 0. The summed E-state index contributed by atoms with van der Waals surface area (Å²) < 4.78 is 0. The van der Waals surface area contributed by atoms with E-state index in [1.807, 2.05) is 0 Å². The Labute approximate surface area is 740 Å². The van der Waals surface area contributed by atoms with Crippen LogP contribution in [0, 0.1) is 41.5 Å². The molecule has 11 aromatic carbocycles. The van der Waals surface area contributed by atoms with Gasteiger partial charge in [-0.1, -0.05) is 453 Å². The van der Waals surface area contributed by atoms with Gasteiger partial charge in [-0.15, -0.1) is 0 Å². The Morgan fingerprint density at radius 3 is 1.65 bits per heavy atom. The fourth-order valence-electron chi connectivity index (χ4n) is 16.4. The van der Waals surface area contributed by atoms with Crippen molar-refractivity contribution in [3.05, 3.63) is 525 Å². The first-order chi connectivity index (χ1) is 57.9. The third kappa shape index (κ3) is 25.6. The highest BCUT2D eigenvalue weighted by molar-refractivity contribution is 5.86. The number of hydrogen-bond acceptors (Lipinski definition) is 0. The highest BCUT2D eigenvalue weighted by Crippen LogP contribution is 2.34. The van der Waals surface area contributed by atoms with Crippen LogP contribution in [0.4, 0.5) is 0 Å². The van der Waals surface area contributed by atoms with Crippen LogP contribution in [-0.4, -0.2) is 0 Å². The fraction of sp³-hybridized carbons (Fsp3) is 0.187. The predicted molar refractivity (Wildman–Crippen MR) is 549 cm³/mol. The van der Waals surface area contributed by atoms with Crippen molar-refractivity contribution in [3.63, 3.8) is 0 Å². The zero-order valence-electron chi connectivity index (χ0n) is 71.8. The van der Waals surface area contributed by atoms with E-state index in [0.717, 1.165) is 38.5 Å². The van der Waals surface area contributed by atoms with Crippen molar-refractivity contribution in [3.8, 4) is 0 Å². The average molecular weight is 1610 g/mol. The van der Waals surface area contributed by atoms with Crippen LogP contribution in [0.3, 0.4) is 0 Å². The first kappa shape index (κ1) is 93.9. The summed E-state index contributed by atoms with van der Waals surface area (Å²) in [6.45, 7) is 25.8. The molecule has 0 saturated heterocycles. The molecule has 0 heteroatoms. The fourth-order valence-corrected chi connectivity index (χ4v) is 16.4. The van der Waals surface area contributed by atoms with Crippen LogP contribution in [0.5, 0.6) is 0 Å². The molecule has 24 rings (SSSR count). The van der Waals surface area contributed by atoms with E-state index < -0.39 is 0 Å². The molecule has 0 aliphatic heterocycles. The lowest BCUT2D eigenvalue weighted by molar-refractivity contribution is 0.990. The second-order valence-corrected chi connectivity index (χ2v) is 32.5. The van der Waals surface area contributed by atoms with Crippen molar-refractivity contribution < 1.29 is 0 Å². The monoisotopic (exact) mass is 1610 g/mol. The molecule has 1 atom stereocenters. The molecule has 0 fully saturated rings. The van der Waals surface area contributed by atoms with E-state index >= 15 is 0 Å². The summed E-state index contributed by atoms with van der Waals surface area (Å²) in [5, 5.41) is 5.33. The number of rotatable bonds is 0. The van der Waals surface area contributed by atoms with Gasteiger partial charge < -0.3 is 0 Å². The second kappa shape index (κ2) is 46.1. The number of allylic oxidation sites excluding steroid dienone is 32. The molecule has 13 aliphatic carbocycles. The van der Waals surface area contributed by atoms with Gasteiger partial charge in [-0.3, -0.25) is 0 Å². The smallest absolute Gasteiger partial charge is 0.000118 e. The maximum atomic E-state index is 2.28. The first-order valence-corrected chi connectivity index (χ1v) is 42.5. The molecular formula is C123H130. The summed E-state index contributed by atoms with van der Waals surface area (Å²) in [5.74, 6) is 0.621. The van der Waals surface area contributed by atoms with Crippen LogP contribution in [0.25, 0.3) is 63.6 Å². The predicted octanol–water partition coefficient (Wildman–Crippen LogP) is 34.3. The van der Waals surface area contributed by atoms with Crippen molar-refractivity contribution in [1.82, 2.24) is 0 Å². The van der Waals surface area contributed by atoms with Crippen LogP contribution >= 0.6 is 0 Å². The average Bonchev–Trinajstić information content (AvgIpc) is 1.69. The molecule has 0 nitrogen and oxygen atoms in total. The maximum Gasteiger partial charge on any atom is -0.000118 e. The third-order valence-electron chi connectivity index (χ3n) is 23.2. The second-order valence-electron chi connectivity index (χ2n) is 32.5. The van der Waals surface area contributed by atoms with E-state index in [9.17, 15) is 0 Å². The van der Waals surface area contributed by atoms with Gasteiger partial charge in [-0.25, -0.2) is 0 Å². The molecule has 0 radical (unpaired) electrons. The highest BCUT2D eigenvalue weighted by Gasteiger charge is 2.16. The Morgan fingerprint density at radius 1 is 0.309 bits per heavy atom. The summed E-state index contributed by atoms with van der Waals surface area (Å²) in [6.07, 6.45) is 65.6. The lowest BCUT2D eigenvalue weighted by Crippen LogP contribution is -1.84. The number of fused-ring (bicyclic) bond motifs is 12. The summed E-state index contributed by atoms with van der Waals surface area (Å²) in [4.78, 5) is 0.